The molecule has 0 spiro atoms. The molecule has 26 heavy (non-hydrogen) atoms. The molecule has 5 nitrogen and oxygen atoms in total. The summed E-state index contributed by atoms with van der Waals surface area (Å²) in [5, 5.41) is 2.51. The van der Waals surface area contributed by atoms with Crippen LogP contribution in [0.3, 0.4) is 0 Å². The summed E-state index contributed by atoms with van der Waals surface area (Å²) in [7, 11) is 1.59. The second kappa shape index (κ2) is 7.22. The summed E-state index contributed by atoms with van der Waals surface area (Å²) in [5.41, 5.74) is 0.409. The van der Waals surface area contributed by atoms with E-state index in [9.17, 15) is 18.0 Å². The van der Waals surface area contributed by atoms with Crippen molar-refractivity contribution in [3.8, 4) is 0 Å². The van der Waals surface area contributed by atoms with Gasteiger partial charge in [-0.25, -0.2) is 23.1 Å². The van der Waals surface area contributed by atoms with E-state index in [1.54, 1.807) is 31.3 Å². The van der Waals surface area contributed by atoms with E-state index in [1.807, 2.05) is 6.07 Å². The highest BCUT2D eigenvalue weighted by Gasteiger charge is 2.17. The van der Waals surface area contributed by atoms with Crippen molar-refractivity contribution in [1.29, 1.82) is 0 Å². The molecule has 0 aliphatic carbocycles. The molecule has 0 fully saturated rings. The number of rotatable bonds is 4. The van der Waals surface area contributed by atoms with Gasteiger partial charge in [-0.15, -0.1) is 0 Å². The van der Waals surface area contributed by atoms with Gasteiger partial charge in [0.25, 0.3) is 5.91 Å². The molecule has 2 aromatic carbocycles. The predicted octanol–water partition coefficient (Wildman–Crippen LogP) is 3.91. The SMILES string of the molecule is CN(C(=O)c1cc(Nc2ccc(F)c(F)c2F)ncn1)c1ccccc1. The summed E-state index contributed by atoms with van der Waals surface area (Å²) in [6.07, 6.45) is 1.12. The minimum Gasteiger partial charge on any atom is -0.338 e. The van der Waals surface area contributed by atoms with Gasteiger partial charge < -0.3 is 10.2 Å². The third kappa shape index (κ3) is 3.49. The zero-order chi connectivity index (χ0) is 18.7. The molecule has 0 radical (unpaired) electrons. The van der Waals surface area contributed by atoms with Crippen molar-refractivity contribution in [2.75, 3.05) is 17.3 Å². The molecule has 132 valence electrons. The maximum absolute atomic E-state index is 13.8. The number of hydrogen-bond donors (Lipinski definition) is 1. The molecule has 0 atom stereocenters. The number of para-hydroxylation sites is 1. The Bertz CT molecular complexity index is 950. The molecule has 1 N–H and O–H groups in total. The van der Waals surface area contributed by atoms with E-state index < -0.39 is 23.4 Å². The zero-order valence-electron chi connectivity index (χ0n) is 13.6. The molecule has 1 aromatic heterocycles. The molecule has 0 saturated heterocycles. The van der Waals surface area contributed by atoms with Crippen LogP contribution in [0.25, 0.3) is 0 Å². The van der Waals surface area contributed by atoms with E-state index >= 15 is 0 Å². The van der Waals surface area contributed by atoms with Crippen molar-refractivity contribution in [3.05, 3.63) is 78.0 Å². The van der Waals surface area contributed by atoms with Crippen molar-refractivity contribution in [1.82, 2.24) is 9.97 Å². The van der Waals surface area contributed by atoms with Gasteiger partial charge in [0.2, 0.25) is 0 Å². The molecule has 8 heteroatoms. The van der Waals surface area contributed by atoms with Crippen LogP contribution in [0.2, 0.25) is 0 Å². The van der Waals surface area contributed by atoms with E-state index in [1.165, 1.54) is 11.0 Å². The Balaban J connectivity index is 1.85. The van der Waals surface area contributed by atoms with Crippen LogP contribution in [-0.2, 0) is 0 Å². The van der Waals surface area contributed by atoms with Crippen LogP contribution in [0.15, 0.2) is 54.9 Å². The van der Waals surface area contributed by atoms with Crippen molar-refractivity contribution >= 4 is 23.1 Å². The molecular weight excluding hydrogens is 345 g/mol. The monoisotopic (exact) mass is 358 g/mol. The number of aromatic nitrogens is 2. The highest BCUT2D eigenvalue weighted by atomic mass is 19.2. The molecular formula is C18H13F3N4O. The Hall–Kier alpha value is -3.42. The number of carbonyl (C=O) groups is 1. The van der Waals surface area contributed by atoms with Gasteiger partial charge in [0.05, 0.1) is 5.69 Å². The van der Waals surface area contributed by atoms with E-state index in [0.717, 1.165) is 18.5 Å². The van der Waals surface area contributed by atoms with Gasteiger partial charge in [-0.3, -0.25) is 4.79 Å². The summed E-state index contributed by atoms with van der Waals surface area (Å²) >= 11 is 0. The van der Waals surface area contributed by atoms with Crippen molar-refractivity contribution < 1.29 is 18.0 Å². The fraction of sp³-hybridized carbons (Fsp3) is 0.0556. The lowest BCUT2D eigenvalue weighted by molar-refractivity contribution is 0.0988. The number of carbonyl (C=O) groups excluding carboxylic acids is 1. The maximum atomic E-state index is 13.8. The number of anilines is 3. The van der Waals surface area contributed by atoms with Gasteiger partial charge in [0, 0.05) is 18.8 Å². The average molecular weight is 358 g/mol. The molecule has 0 aliphatic rings. The van der Waals surface area contributed by atoms with Crippen molar-refractivity contribution in [3.63, 3.8) is 0 Å². The normalized spacial score (nSPS) is 10.5. The molecule has 0 bridgehead atoms. The van der Waals surface area contributed by atoms with Crippen LogP contribution in [-0.4, -0.2) is 22.9 Å². The second-order valence-corrected chi connectivity index (χ2v) is 5.34. The lowest BCUT2D eigenvalue weighted by Crippen LogP contribution is -2.27. The number of nitrogens with one attached hydrogen (secondary N) is 1. The first-order chi connectivity index (χ1) is 12.5. The molecule has 3 aromatic rings. The lowest BCUT2D eigenvalue weighted by Gasteiger charge is -2.17. The average Bonchev–Trinajstić information content (AvgIpc) is 2.68. The minimum atomic E-state index is -1.59. The second-order valence-electron chi connectivity index (χ2n) is 5.34. The molecule has 3 rings (SSSR count). The van der Waals surface area contributed by atoms with Crippen molar-refractivity contribution in [2.45, 2.75) is 0 Å². The number of nitrogens with zero attached hydrogens (tertiary/aromatic N) is 3. The molecule has 1 heterocycles. The molecule has 0 saturated carbocycles. The fourth-order valence-electron chi connectivity index (χ4n) is 2.24. The smallest absolute Gasteiger partial charge is 0.276 e. The topological polar surface area (TPSA) is 58.1 Å². The van der Waals surface area contributed by atoms with Crippen LogP contribution in [0.5, 0.6) is 0 Å². The van der Waals surface area contributed by atoms with Crippen LogP contribution in [0.4, 0.5) is 30.4 Å². The van der Waals surface area contributed by atoms with Crippen LogP contribution in [0.1, 0.15) is 10.5 Å². The van der Waals surface area contributed by atoms with Crippen LogP contribution >= 0.6 is 0 Å². The number of hydrogen-bond acceptors (Lipinski definition) is 4. The maximum Gasteiger partial charge on any atom is 0.276 e. The third-order valence-electron chi connectivity index (χ3n) is 3.63. The van der Waals surface area contributed by atoms with Gasteiger partial charge in [-0.2, -0.15) is 0 Å². The Morgan fingerprint density at radius 1 is 1.00 bits per heavy atom. The van der Waals surface area contributed by atoms with Crippen molar-refractivity contribution in [2.24, 2.45) is 0 Å². The van der Waals surface area contributed by atoms with Gasteiger partial charge in [-0.05, 0) is 24.3 Å². The first-order valence-corrected chi connectivity index (χ1v) is 7.53. The first kappa shape index (κ1) is 17.4. The van der Waals surface area contributed by atoms with E-state index in [-0.39, 0.29) is 17.2 Å². The summed E-state index contributed by atoms with van der Waals surface area (Å²) in [5.74, 6) is -4.61. The number of amides is 1. The van der Waals surface area contributed by atoms with Gasteiger partial charge in [-0.1, -0.05) is 18.2 Å². The summed E-state index contributed by atoms with van der Waals surface area (Å²) in [4.78, 5) is 21.7. The summed E-state index contributed by atoms with van der Waals surface area (Å²) in [6, 6.07) is 12.0. The highest BCUT2D eigenvalue weighted by molar-refractivity contribution is 6.04. The summed E-state index contributed by atoms with van der Waals surface area (Å²) in [6.45, 7) is 0. The zero-order valence-corrected chi connectivity index (χ0v) is 13.6. The summed E-state index contributed by atoms with van der Waals surface area (Å²) < 4.78 is 40.1. The molecule has 0 unspecified atom stereocenters. The highest BCUT2D eigenvalue weighted by Crippen LogP contribution is 2.23. The van der Waals surface area contributed by atoms with E-state index in [0.29, 0.717) is 5.69 Å². The van der Waals surface area contributed by atoms with Crippen LogP contribution in [0, 0.1) is 17.5 Å². The van der Waals surface area contributed by atoms with Gasteiger partial charge in [0.15, 0.2) is 17.5 Å². The Morgan fingerprint density at radius 3 is 2.46 bits per heavy atom. The Kier molecular flexibility index (Phi) is 4.83. The standard InChI is InChI=1S/C18H13F3N4O/c1-25(11-5-3-2-4-6-11)18(26)14-9-15(23-10-22-14)24-13-8-7-12(19)16(20)17(13)21/h2-10H,1H3,(H,22,23,24). The third-order valence-corrected chi connectivity index (χ3v) is 3.63. The fourth-order valence-corrected chi connectivity index (χ4v) is 2.24. The molecule has 1 amide bonds. The first-order valence-electron chi connectivity index (χ1n) is 7.53. The predicted molar refractivity (Wildman–Crippen MR) is 90.8 cm³/mol. The van der Waals surface area contributed by atoms with E-state index in [2.05, 4.69) is 15.3 Å². The van der Waals surface area contributed by atoms with Gasteiger partial charge in [0.1, 0.15) is 17.8 Å². The number of benzene rings is 2. The van der Waals surface area contributed by atoms with Gasteiger partial charge >= 0.3 is 0 Å². The lowest BCUT2D eigenvalue weighted by atomic mass is 10.2. The quantitative estimate of drug-likeness (QED) is 0.719. The Morgan fingerprint density at radius 2 is 1.73 bits per heavy atom. The van der Waals surface area contributed by atoms with Crippen LogP contribution < -0.4 is 10.2 Å². The number of halogens is 3. The molecule has 0 aliphatic heterocycles. The largest absolute Gasteiger partial charge is 0.338 e. The van der Waals surface area contributed by atoms with E-state index in [4.69, 9.17) is 0 Å². The minimum absolute atomic E-state index is 0.0526. The Labute approximate surface area is 147 Å².